The Morgan fingerprint density at radius 3 is 3.00 bits per heavy atom. The topological polar surface area (TPSA) is 40.3 Å². The second kappa shape index (κ2) is 4.11. The third-order valence-electron chi connectivity index (χ3n) is 2.30. The Balaban J connectivity index is 1.77. The van der Waals surface area contributed by atoms with Gasteiger partial charge in [-0.3, -0.25) is 4.79 Å². The molecule has 0 radical (unpaired) electrons. The first-order valence-corrected chi connectivity index (χ1v) is 5.64. The highest BCUT2D eigenvalue weighted by Gasteiger charge is 2.24. The average molecular weight is 211 g/mol. The Morgan fingerprint density at radius 1 is 1.64 bits per heavy atom. The van der Waals surface area contributed by atoms with Gasteiger partial charge >= 0.3 is 0 Å². The van der Waals surface area contributed by atoms with Gasteiger partial charge in [0.15, 0.2) is 0 Å². The van der Waals surface area contributed by atoms with E-state index in [0.29, 0.717) is 12.8 Å². The summed E-state index contributed by atoms with van der Waals surface area (Å²) in [6, 6.07) is 3.81. The molecule has 1 aliphatic rings. The SMILES string of the molecule is O=C(CCC(O)c1cccs1)N1CC1. The first kappa shape index (κ1) is 9.68. The number of amides is 1. The molecular formula is C10H13NO2S. The van der Waals surface area contributed by atoms with E-state index >= 15 is 0 Å². The Morgan fingerprint density at radius 2 is 2.43 bits per heavy atom. The van der Waals surface area contributed by atoms with E-state index in [1.54, 1.807) is 4.90 Å². The number of nitrogens with zero attached hydrogens (tertiary/aromatic N) is 1. The van der Waals surface area contributed by atoms with E-state index in [4.69, 9.17) is 0 Å². The van der Waals surface area contributed by atoms with Crippen molar-refractivity contribution in [1.82, 2.24) is 4.90 Å². The van der Waals surface area contributed by atoms with Crippen molar-refractivity contribution >= 4 is 17.2 Å². The van der Waals surface area contributed by atoms with E-state index in [2.05, 4.69) is 0 Å². The molecule has 1 atom stereocenters. The first-order chi connectivity index (χ1) is 6.77. The molecule has 1 aromatic heterocycles. The number of thiophene rings is 1. The van der Waals surface area contributed by atoms with Gasteiger partial charge in [-0.05, 0) is 17.9 Å². The van der Waals surface area contributed by atoms with E-state index in [9.17, 15) is 9.90 Å². The summed E-state index contributed by atoms with van der Waals surface area (Å²) in [6.07, 6.45) is 0.522. The van der Waals surface area contributed by atoms with E-state index in [0.717, 1.165) is 18.0 Å². The summed E-state index contributed by atoms with van der Waals surface area (Å²) < 4.78 is 0. The monoisotopic (exact) mass is 211 g/mol. The maximum absolute atomic E-state index is 11.3. The predicted octanol–water partition coefficient (Wildman–Crippen LogP) is 1.40. The summed E-state index contributed by atoms with van der Waals surface area (Å²) in [4.78, 5) is 14.0. The van der Waals surface area contributed by atoms with Crippen LogP contribution >= 0.6 is 11.3 Å². The molecule has 0 bridgehead atoms. The first-order valence-electron chi connectivity index (χ1n) is 4.76. The fourth-order valence-corrected chi connectivity index (χ4v) is 2.09. The fourth-order valence-electron chi connectivity index (χ4n) is 1.34. The smallest absolute Gasteiger partial charge is 0.222 e. The summed E-state index contributed by atoms with van der Waals surface area (Å²) in [7, 11) is 0. The number of hydrogen-bond acceptors (Lipinski definition) is 3. The minimum absolute atomic E-state index is 0.167. The highest BCUT2D eigenvalue weighted by molar-refractivity contribution is 7.10. The molecule has 1 unspecified atom stereocenters. The minimum atomic E-state index is -0.473. The summed E-state index contributed by atoms with van der Waals surface area (Å²) in [5.41, 5.74) is 0. The highest BCUT2D eigenvalue weighted by atomic mass is 32.1. The van der Waals surface area contributed by atoms with Gasteiger partial charge in [0.1, 0.15) is 0 Å². The summed E-state index contributed by atoms with van der Waals surface area (Å²) in [5, 5.41) is 11.6. The predicted molar refractivity (Wildman–Crippen MR) is 55.1 cm³/mol. The van der Waals surface area contributed by atoms with Crippen molar-refractivity contribution in [2.75, 3.05) is 13.1 Å². The van der Waals surface area contributed by atoms with Crippen molar-refractivity contribution in [3.8, 4) is 0 Å². The number of rotatable bonds is 4. The molecule has 14 heavy (non-hydrogen) atoms. The second-order valence-corrected chi connectivity index (χ2v) is 4.43. The summed E-state index contributed by atoms with van der Waals surface area (Å²) in [5.74, 6) is 0.167. The molecule has 1 aliphatic heterocycles. The molecule has 0 aliphatic carbocycles. The van der Waals surface area contributed by atoms with Gasteiger partial charge in [0.2, 0.25) is 5.91 Å². The van der Waals surface area contributed by atoms with E-state index in [1.807, 2.05) is 17.5 Å². The van der Waals surface area contributed by atoms with Gasteiger partial charge in [0, 0.05) is 24.4 Å². The zero-order chi connectivity index (χ0) is 9.97. The van der Waals surface area contributed by atoms with Gasteiger partial charge in [-0.1, -0.05) is 6.07 Å². The van der Waals surface area contributed by atoms with Crippen LogP contribution < -0.4 is 0 Å². The maximum atomic E-state index is 11.3. The maximum Gasteiger partial charge on any atom is 0.222 e. The Hall–Kier alpha value is -0.870. The van der Waals surface area contributed by atoms with Crippen LogP contribution in [0.1, 0.15) is 23.8 Å². The standard InChI is InChI=1S/C10H13NO2S/c12-8(9-2-1-7-14-9)3-4-10(13)11-5-6-11/h1-2,7-8,12H,3-6H2. The molecule has 2 rings (SSSR count). The van der Waals surface area contributed by atoms with Crippen LogP contribution in [0.15, 0.2) is 17.5 Å². The van der Waals surface area contributed by atoms with Gasteiger partial charge < -0.3 is 10.0 Å². The Kier molecular flexibility index (Phi) is 2.84. The van der Waals surface area contributed by atoms with Crippen LogP contribution in [-0.4, -0.2) is 29.0 Å². The molecule has 1 N–H and O–H groups in total. The molecule has 0 aromatic carbocycles. The van der Waals surface area contributed by atoms with Crippen molar-refractivity contribution in [3.63, 3.8) is 0 Å². The van der Waals surface area contributed by atoms with Crippen LogP contribution in [0.4, 0.5) is 0 Å². The number of aliphatic hydroxyl groups is 1. The van der Waals surface area contributed by atoms with Gasteiger partial charge in [-0.2, -0.15) is 0 Å². The quantitative estimate of drug-likeness (QED) is 0.765. The van der Waals surface area contributed by atoms with E-state index < -0.39 is 6.10 Å². The van der Waals surface area contributed by atoms with Gasteiger partial charge in [0.05, 0.1) is 6.10 Å². The van der Waals surface area contributed by atoms with Gasteiger partial charge in [-0.15, -0.1) is 11.3 Å². The lowest BCUT2D eigenvalue weighted by molar-refractivity contribution is -0.126. The van der Waals surface area contributed by atoms with Crippen molar-refractivity contribution in [2.45, 2.75) is 18.9 Å². The van der Waals surface area contributed by atoms with Crippen molar-refractivity contribution in [3.05, 3.63) is 22.4 Å². The molecule has 1 fully saturated rings. The zero-order valence-corrected chi connectivity index (χ0v) is 8.67. The van der Waals surface area contributed by atoms with E-state index in [1.165, 1.54) is 11.3 Å². The average Bonchev–Trinajstić information content (AvgIpc) is 2.90. The summed E-state index contributed by atoms with van der Waals surface area (Å²) in [6.45, 7) is 1.79. The van der Waals surface area contributed by atoms with Crippen LogP contribution in [0.2, 0.25) is 0 Å². The van der Waals surface area contributed by atoms with Crippen molar-refractivity contribution in [2.24, 2.45) is 0 Å². The number of carbonyl (C=O) groups is 1. The van der Waals surface area contributed by atoms with Gasteiger partial charge in [-0.25, -0.2) is 0 Å². The highest BCUT2D eigenvalue weighted by Crippen LogP contribution is 2.23. The number of hydrogen-bond donors (Lipinski definition) is 1. The largest absolute Gasteiger partial charge is 0.388 e. The molecule has 1 saturated heterocycles. The van der Waals surface area contributed by atoms with E-state index in [-0.39, 0.29) is 5.91 Å². The lowest BCUT2D eigenvalue weighted by atomic mass is 10.1. The van der Waals surface area contributed by atoms with Crippen LogP contribution in [0.3, 0.4) is 0 Å². The van der Waals surface area contributed by atoms with Crippen LogP contribution in [0, 0.1) is 0 Å². The van der Waals surface area contributed by atoms with Crippen molar-refractivity contribution < 1.29 is 9.90 Å². The molecule has 76 valence electrons. The number of aliphatic hydroxyl groups excluding tert-OH is 1. The van der Waals surface area contributed by atoms with Crippen LogP contribution in [-0.2, 0) is 4.79 Å². The molecule has 3 nitrogen and oxygen atoms in total. The molecule has 1 amide bonds. The molecule has 2 heterocycles. The van der Waals surface area contributed by atoms with Crippen LogP contribution in [0.5, 0.6) is 0 Å². The Bertz CT molecular complexity index is 306. The van der Waals surface area contributed by atoms with Gasteiger partial charge in [0.25, 0.3) is 0 Å². The third kappa shape index (κ3) is 2.33. The molecular weight excluding hydrogens is 198 g/mol. The molecule has 0 spiro atoms. The minimum Gasteiger partial charge on any atom is -0.388 e. The number of carbonyl (C=O) groups excluding carboxylic acids is 1. The Labute approximate surface area is 87.0 Å². The molecule has 0 saturated carbocycles. The lowest BCUT2D eigenvalue weighted by Crippen LogP contribution is -2.11. The van der Waals surface area contributed by atoms with Crippen LogP contribution in [0.25, 0.3) is 0 Å². The van der Waals surface area contributed by atoms with Crippen molar-refractivity contribution in [1.29, 1.82) is 0 Å². The second-order valence-electron chi connectivity index (χ2n) is 3.45. The fraction of sp³-hybridized carbons (Fsp3) is 0.500. The molecule has 1 aromatic rings. The lowest BCUT2D eigenvalue weighted by Gasteiger charge is -2.07. The molecule has 4 heteroatoms. The zero-order valence-electron chi connectivity index (χ0n) is 7.85. The third-order valence-corrected chi connectivity index (χ3v) is 3.28. The normalized spacial score (nSPS) is 16.8. The summed E-state index contributed by atoms with van der Waals surface area (Å²) >= 11 is 1.53.